The van der Waals surface area contributed by atoms with Crippen LogP contribution in [0.1, 0.15) is 16.6 Å². The van der Waals surface area contributed by atoms with Crippen molar-refractivity contribution >= 4 is 39.7 Å². The summed E-state index contributed by atoms with van der Waals surface area (Å²) in [6.45, 7) is 4.03. The third-order valence-electron chi connectivity index (χ3n) is 2.22. The van der Waals surface area contributed by atoms with E-state index in [0.29, 0.717) is 18.0 Å². The molecule has 0 aliphatic heterocycles. The van der Waals surface area contributed by atoms with Gasteiger partial charge in [0.1, 0.15) is 0 Å². The first-order valence-corrected chi connectivity index (χ1v) is 7.88. The van der Waals surface area contributed by atoms with Gasteiger partial charge < -0.3 is 10.6 Å². The Morgan fingerprint density at radius 3 is 2.63 bits per heavy atom. The zero-order valence-electron chi connectivity index (χ0n) is 10.7. The highest BCUT2D eigenvalue weighted by atomic mass is 35.5. The average Bonchev–Trinajstić information content (AvgIpc) is 2.84. The molecule has 1 amide bonds. The summed E-state index contributed by atoms with van der Waals surface area (Å²) in [5, 5.41) is 7.24. The number of likely N-dealkylation sites (N-methyl/N-ethyl adjacent to an activating group) is 1. The molecule has 9 heteroatoms. The van der Waals surface area contributed by atoms with Crippen LogP contribution < -0.4 is 15.4 Å². The van der Waals surface area contributed by atoms with E-state index in [1.54, 1.807) is 0 Å². The normalized spacial score (nSPS) is 10.8. The molecule has 0 spiro atoms. The smallest absolute Gasteiger partial charge is 0.261 e. The van der Waals surface area contributed by atoms with Crippen molar-refractivity contribution in [3.05, 3.63) is 16.3 Å². The summed E-state index contributed by atoms with van der Waals surface area (Å²) in [5.74, 6) is -0.254. The van der Waals surface area contributed by atoms with Crippen LogP contribution in [0.3, 0.4) is 0 Å². The average molecular weight is 328 g/mol. The van der Waals surface area contributed by atoms with Crippen molar-refractivity contribution in [3.63, 3.8) is 0 Å². The molecule has 0 aliphatic carbocycles. The molecule has 0 unspecified atom stereocenters. The molecule has 6 nitrogen and oxygen atoms in total. The second kappa shape index (κ2) is 8.49. The second-order valence-corrected chi connectivity index (χ2v) is 6.26. The van der Waals surface area contributed by atoms with Crippen molar-refractivity contribution < 1.29 is 13.2 Å². The molecule has 1 aromatic heterocycles. The molecule has 0 aromatic carbocycles. The predicted molar refractivity (Wildman–Crippen MR) is 78.7 cm³/mol. The van der Waals surface area contributed by atoms with E-state index < -0.39 is 10.0 Å². The molecule has 0 atom stereocenters. The second-order valence-electron chi connectivity index (χ2n) is 3.46. The Morgan fingerprint density at radius 1 is 1.37 bits per heavy atom. The SMILES string of the molecule is CCNCCNC(=O)c1cc(S(=O)(=O)NC)cs1.Cl. The van der Waals surface area contributed by atoms with Crippen LogP contribution >= 0.6 is 23.7 Å². The van der Waals surface area contributed by atoms with Crippen molar-refractivity contribution in [2.75, 3.05) is 26.7 Å². The number of thiophene rings is 1. The topological polar surface area (TPSA) is 87.3 Å². The predicted octanol–water partition coefficient (Wildman–Crippen LogP) is 0.417. The molecule has 1 heterocycles. The number of sulfonamides is 1. The number of amides is 1. The van der Waals surface area contributed by atoms with Crippen LogP contribution in [0.4, 0.5) is 0 Å². The Morgan fingerprint density at radius 2 is 2.05 bits per heavy atom. The van der Waals surface area contributed by atoms with E-state index in [1.807, 2.05) is 6.92 Å². The van der Waals surface area contributed by atoms with Crippen molar-refractivity contribution in [2.24, 2.45) is 0 Å². The van der Waals surface area contributed by atoms with Crippen LogP contribution in [0.2, 0.25) is 0 Å². The quantitative estimate of drug-likeness (QED) is 0.633. The highest BCUT2D eigenvalue weighted by Gasteiger charge is 2.16. The summed E-state index contributed by atoms with van der Waals surface area (Å²) in [5.41, 5.74) is 0. The Bertz CT molecular complexity index is 502. The number of hydrogen-bond acceptors (Lipinski definition) is 5. The molecular weight excluding hydrogens is 310 g/mol. The van der Waals surface area contributed by atoms with Gasteiger partial charge in [0, 0.05) is 18.5 Å². The Hall–Kier alpha value is -0.670. The maximum atomic E-state index is 11.7. The van der Waals surface area contributed by atoms with E-state index >= 15 is 0 Å². The molecule has 0 saturated heterocycles. The molecule has 0 aliphatic rings. The zero-order valence-corrected chi connectivity index (χ0v) is 13.2. The number of rotatable bonds is 7. The lowest BCUT2D eigenvalue weighted by molar-refractivity contribution is 0.0958. The van der Waals surface area contributed by atoms with Crippen LogP contribution in [0.15, 0.2) is 16.3 Å². The van der Waals surface area contributed by atoms with Crippen molar-refractivity contribution in [3.8, 4) is 0 Å². The third-order valence-corrected chi connectivity index (χ3v) is 4.69. The van der Waals surface area contributed by atoms with Gasteiger partial charge in [-0.2, -0.15) is 0 Å². The minimum atomic E-state index is -3.47. The standard InChI is InChI=1S/C10H17N3O3S2.ClH/c1-3-12-4-5-13-10(14)9-6-8(7-17-9)18(15,16)11-2;/h6-7,11-12H,3-5H2,1-2H3,(H,13,14);1H. The van der Waals surface area contributed by atoms with Gasteiger partial charge >= 0.3 is 0 Å². The van der Waals surface area contributed by atoms with Gasteiger partial charge in [0.05, 0.1) is 9.77 Å². The van der Waals surface area contributed by atoms with Gasteiger partial charge in [-0.05, 0) is 19.7 Å². The number of halogens is 1. The molecule has 1 rings (SSSR count). The van der Waals surface area contributed by atoms with E-state index in [0.717, 1.165) is 17.9 Å². The lowest BCUT2D eigenvalue weighted by Crippen LogP contribution is -2.31. The summed E-state index contributed by atoms with van der Waals surface area (Å²) in [6, 6.07) is 1.37. The maximum absolute atomic E-state index is 11.7. The molecule has 110 valence electrons. The Labute approximate surface area is 123 Å². The summed E-state index contributed by atoms with van der Waals surface area (Å²) in [6.07, 6.45) is 0. The highest BCUT2D eigenvalue weighted by Crippen LogP contribution is 2.18. The summed E-state index contributed by atoms with van der Waals surface area (Å²) < 4.78 is 25.2. The fourth-order valence-electron chi connectivity index (χ4n) is 1.22. The molecule has 1 aromatic rings. The Kier molecular flexibility index (Phi) is 8.19. The van der Waals surface area contributed by atoms with Crippen LogP contribution in [-0.4, -0.2) is 41.0 Å². The van der Waals surface area contributed by atoms with Crippen molar-refractivity contribution in [1.29, 1.82) is 0 Å². The van der Waals surface area contributed by atoms with Crippen LogP contribution in [0, 0.1) is 0 Å². The molecule has 0 saturated carbocycles. The van der Waals surface area contributed by atoms with E-state index in [2.05, 4.69) is 15.4 Å². The lowest BCUT2D eigenvalue weighted by atomic mass is 10.4. The largest absolute Gasteiger partial charge is 0.350 e. The van der Waals surface area contributed by atoms with E-state index in [4.69, 9.17) is 0 Å². The van der Waals surface area contributed by atoms with Crippen molar-refractivity contribution in [1.82, 2.24) is 15.4 Å². The fraction of sp³-hybridized carbons (Fsp3) is 0.500. The molecule has 0 bridgehead atoms. The van der Waals surface area contributed by atoms with Gasteiger partial charge in [0.15, 0.2) is 0 Å². The molecule has 0 radical (unpaired) electrons. The maximum Gasteiger partial charge on any atom is 0.261 e. The fourth-order valence-corrected chi connectivity index (χ4v) is 3.14. The highest BCUT2D eigenvalue weighted by molar-refractivity contribution is 7.89. The summed E-state index contributed by atoms with van der Waals surface area (Å²) in [4.78, 5) is 12.2. The first-order valence-electron chi connectivity index (χ1n) is 5.52. The van der Waals surface area contributed by atoms with E-state index in [9.17, 15) is 13.2 Å². The number of carbonyl (C=O) groups is 1. The third kappa shape index (κ3) is 5.45. The minimum Gasteiger partial charge on any atom is -0.350 e. The van der Waals surface area contributed by atoms with Crippen LogP contribution in [0.5, 0.6) is 0 Å². The van der Waals surface area contributed by atoms with Gasteiger partial charge in [-0.3, -0.25) is 4.79 Å². The van der Waals surface area contributed by atoms with Crippen LogP contribution in [-0.2, 0) is 10.0 Å². The molecule has 19 heavy (non-hydrogen) atoms. The molecule has 3 N–H and O–H groups in total. The number of carbonyl (C=O) groups excluding carboxylic acids is 1. The zero-order chi connectivity index (χ0) is 13.6. The first-order chi connectivity index (χ1) is 8.51. The van der Waals surface area contributed by atoms with Gasteiger partial charge in [-0.1, -0.05) is 6.92 Å². The van der Waals surface area contributed by atoms with E-state index in [-0.39, 0.29) is 23.2 Å². The lowest BCUT2D eigenvalue weighted by Gasteiger charge is -2.03. The number of nitrogens with one attached hydrogen (secondary N) is 3. The van der Waals surface area contributed by atoms with Gasteiger partial charge in [0.25, 0.3) is 5.91 Å². The van der Waals surface area contributed by atoms with E-state index in [1.165, 1.54) is 18.5 Å². The van der Waals surface area contributed by atoms with Crippen molar-refractivity contribution in [2.45, 2.75) is 11.8 Å². The Balaban J connectivity index is 0.00000324. The number of hydrogen-bond donors (Lipinski definition) is 3. The summed E-state index contributed by atoms with van der Waals surface area (Å²) in [7, 11) is -2.14. The van der Waals surface area contributed by atoms with Gasteiger partial charge in [-0.15, -0.1) is 23.7 Å². The molecular formula is C10H18ClN3O3S2. The summed E-state index contributed by atoms with van der Waals surface area (Å²) >= 11 is 1.11. The monoisotopic (exact) mass is 327 g/mol. The first kappa shape index (κ1) is 18.3. The van der Waals surface area contributed by atoms with Gasteiger partial charge in [-0.25, -0.2) is 13.1 Å². The van der Waals surface area contributed by atoms with Gasteiger partial charge in [0.2, 0.25) is 10.0 Å². The molecule has 0 fully saturated rings. The minimum absolute atomic E-state index is 0. The van der Waals surface area contributed by atoms with Crippen LogP contribution in [0.25, 0.3) is 0 Å².